The van der Waals surface area contributed by atoms with Gasteiger partial charge in [-0.05, 0) is 6.42 Å². The van der Waals surface area contributed by atoms with Crippen LogP contribution in [0.1, 0.15) is 6.42 Å². The Kier molecular flexibility index (Phi) is 2.37. The first kappa shape index (κ1) is 7.65. The first-order valence-electron chi connectivity index (χ1n) is 3.26. The summed E-state index contributed by atoms with van der Waals surface area (Å²) in [5, 5.41) is 9.13. The van der Waals surface area contributed by atoms with Crippen LogP contribution in [0.5, 0.6) is 0 Å². The zero-order chi connectivity index (χ0) is 7.56. The number of carbonyl (C=O) groups is 1. The van der Waals surface area contributed by atoms with Gasteiger partial charge in [0, 0.05) is 6.61 Å². The molecule has 4 nitrogen and oxygen atoms in total. The van der Waals surface area contributed by atoms with Crippen LogP contribution < -0.4 is 5.73 Å². The molecule has 0 saturated carbocycles. The van der Waals surface area contributed by atoms with Gasteiger partial charge in [-0.15, -0.1) is 0 Å². The van der Waals surface area contributed by atoms with Crippen molar-refractivity contribution in [2.75, 3.05) is 6.61 Å². The van der Waals surface area contributed by atoms with Gasteiger partial charge in [0.05, 0.1) is 12.1 Å². The molecule has 10 heavy (non-hydrogen) atoms. The molecule has 0 radical (unpaired) electrons. The molecule has 1 heterocycles. The molecule has 1 rings (SSSR count). The van der Waals surface area contributed by atoms with Crippen molar-refractivity contribution >= 4 is 6.29 Å². The van der Waals surface area contributed by atoms with Crippen molar-refractivity contribution in [1.82, 2.24) is 0 Å². The maximum absolute atomic E-state index is 10.1. The Labute approximate surface area is 59.0 Å². The second-order valence-corrected chi connectivity index (χ2v) is 2.40. The number of aliphatic hydroxyl groups is 1. The second-order valence-electron chi connectivity index (χ2n) is 2.40. The smallest absolute Gasteiger partial charge is 0.139 e. The molecule has 58 valence electrons. The molecule has 1 saturated heterocycles. The predicted molar refractivity (Wildman–Crippen MR) is 34.4 cm³/mol. The molecule has 0 spiro atoms. The highest BCUT2D eigenvalue weighted by molar-refractivity contribution is 5.58. The van der Waals surface area contributed by atoms with Crippen molar-refractivity contribution in [3.05, 3.63) is 0 Å². The molecule has 0 aromatic rings. The Morgan fingerprint density at radius 3 is 2.90 bits per heavy atom. The van der Waals surface area contributed by atoms with E-state index in [0.29, 0.717) is 19.3 Å². The lowest BCUT2D eigenvalue weighted by molar-refractivity contribution is -0.112. The summed E-state index contributed by atoms with van der Waals surface area (Å²) in [6.45, 7) is 0.493. The predicted octanol–water partition coefficient (Wildman–Crippen LogP) is -1.34. The molecule has 1 aliphatic rings. The summed E-state index contributed by atoms with van der Waals surface area (Å²) in [4.78, 5) is 10.1. The summed E-state index contributed by atoms with van der Waals surface area (Å²) in [6, 6.07) is -0.683. The lowest BCUT2D eigenvalue weighted by Gasteiger charge is -2.15. The van der Waals surface area contributed by atoms with Gasteiger partial charge in [-0.25, -0.2) is 0 Å². The van der Waals surface area contributed by atoms with Gasteiger partial charge in [0.2, 0.25) is 0 Å². The standard InChI is InChI=1S/C6H11NO3/c7-4(3-8)6-5(9)1-2-10-6/h3-6,9H,1-2,7H2/t4?,5-,6?/m1/s1. The number of aliphatic hydroxyl groups excluding tert-OH is 1. The fourth-order valence-electron chi connectivity index (χ4n) is 1.05. The summed E-state index contributed by atoms with van der Waals surface area (Å²) in [5.74, 6) is 0. The van der Waals surface area contributed by atoms with E-state index in [1.54, 1.807) is 0 Å². The van der Waals surface area contributed by atoms with Crippen molar-refractivity contribution in [3.8, 4) is 0 Å². The molecule has 1 aliphatic heterocycles. The molecule has 3 N–H and O–H groups in total. The van der Waals surface area contributed by atoms with Crippen LogP contribution >= 0.6 is 0 Å². The van der Waals surface area contributed by atoms with E-state index in [2.05, 4.69) is 0 Å². The maximum Gasteiger partial charge on any atom is 0.139 e. The summed E-state index contributed by atoms with van der Waals surface area (Å²) in [7, 11) is 0. The number of nitrogens with two attached hydrogens (primary N) is 1. The third-order valence-corrected chi connectivity index (χ3v) is 1.64. The van der Waals surface area contributed by atoms with E-state index in [1.807, 2.05) is 0 Å². The summed E-state index contributed by atoms with van der Waals surface area (Å²) in [6.07, 6.45) is 0.114. The number of rotatable bonds is 2. The number of aldehydes is 1. The summed E-state index contributed by atoms with van der Waals surface area (Å²) < 4.78 is 5.01. The van der Waals surface area contributed by atoms with Gasteiger partial charge in [0.15, 0.2) is 0 Å². The fraction of sp³-hybridized carbons (Fsp3) is 0.833. The SMILES string of the molecule is NC(C=O)C1OCC[C@H]1O. The Morgan fingerprint density at radius 1 is 1.80 bits per heavy atom. The molecular formula is C6H11NO3. The highest BCUT2D eigenvalue weighted by Crippen LogP contribution is 2.14. The third-order valence-electron chi connectivity index (χ3n) is 1.64. The van der Waals surface area contributed by atoms with Crippen molar-refractivity contribution in [2.45, 2.75) is 24.7 Å². The van der Waals surface area contributed by atoms with Crippen molar-refractivity contribution < 1.29 is 14.6 Å². The van der Waals surface area contributed by atoms with Crippen LogP contribution in [-0.2, 0) is 9.53 Å². The van der Waals surface area contributed by atoms with Crippen molar-refractivity contribution in [1.29, 1.82) is 0 Å². The molecule has 1 fully saturated rings. The minimum Gasteiger partial charge on any atom is -0.390 e. The van der Waals surface area contributed by atoms with E-state index in [1.165, 1.54) is 0 Å². The quantitative estimate of drug-likeness (QED) is 0.472. The van der Waals surface area contributed by atoms with E-state index >= 15 is 0 Å². The Bertz CT molecular complexity index is 128. The zero-order valence-corrected chi connectivity index (χ0v) is 5.56. The highest BCUT2D eigenvalue weighted by Gasteiger charge is 2.31. The average molecular weight is 145 g/mol. The van der Waals surface area contributed by atoms with Gasteiger partial charge in [0.25, 0.3) is 0 Å². The van der Waals surface area contributed by atoms with Crippen LogP contribution in [0.15, 0.2) is 0 Å². The van der Waals surface area contributed by atoms with Crippen LogP contribution in [0.2, 0.25) is 0 Å². The highest BCUT2D eigenvalue weighted by atomic mass is 16.5. The van der Waals surface area contributed by atoms with Gasteiger partial charge in [0.1, 0.15) is 12.4 Å². The van der Waals surface area contributed by atoms with E-state index in [9.17, 15) is 4.79 Å². The molecule has 3 atom stereocenters. The summed E-state index contributed by atoms with van der Waals surface area (Å²) >= 11 is 0. The van der Waals surface area contributed by atoms with Crippen LogP contribution in [-0.4, -0.2) is 36.2 Å². The van der Waals surface area contributed by atoms with Crippen LogP contribution in [0.4, 0.5) is 0 Å². The Hall–Kier alpha value is -0.450. The Morgan fingerprint density at radius 2 is 2.50 bits per heavy atom. The molecule has 0 amide bonds. The van der Waals surface area contributed by atoms with Crippen LogP contribution in [0, 0.1) is 0 Å². The largest absolute Gasteiger partial charge is 0.390 e. The number of hydrogen-bond donors (Lipinski definition) is 2. The van der Waals surface area contributed by atoms with Crippen molar-refractivity contribution in [3.63, 3.8) is 0 Å². The zero-order valence-electron chi connectivity index (χ0n) is 5.56. The third kappa shape index (κ3) is 1.34. The fourth-order valence-corrected chi connectivity index (χ4v) is 1.05. The van der Waals surface area contributed by atoms with Gasteiger partial charge >= 0.3 is 0 Å². The molecule has 0 aromatic heterocycles. The summed E-state index contributed by atoms with van der Waals surface area (Å²) in [5.41, 5.74) is 5.32. The first-order valence-corrected chi connectivity index (χ1v) is 3.26. The van der Waals surface area contributed by atoms with E-state index in [0.717, 1.165) is 0 Å². The monoisotopic (exact) mass is 145 g/mol. The van der Waals surface area contributed by atoms with Gasteiger partial charge in [-0.3, -0.25) is 0 Å². The molecule has 2 unspecified atom stereocenters. The van der Waals surface area contributed by atoms with Crippen molar-refractivity contribution in [2.24, 2.45) is 5.73 Å². The topological polar surface area (TPSA) is 72.6 Å². The van der Waals surface area contributed by atoms with E-state index < -0.39 is 18.2 Å². The lowest BCUT2D eigenvalue weighted by Crippen LogP contribution is -2.41. The first-order chi connectivity index (χ1) is 4.75. The maximum atomic E-state index is 10.1. The normalized spacial score (nSPS) is 35.8. The number of carbonyl (C=O) groups excluding carboxylic acids is 1. The van der Waals surface area contributed by atoms with Gasteiger partial charge < -0.3 is 20.4 Å². The van der Waals surface area contributed by atoms with Gasteiger partial charge in [-0.1, -0.05) is 0 Å². The Balaban J connectivity index is 2.46. The molecule has 4 heteroatoms. The lowest BCUT2D eigenvalue weighted by atomic mass is 10.1. The van der Waals surface area contributed by atoms with E-state index in [4.69, 9.17) is 15.6 Å². The van der Waals surface area contributed by atoms with Crippen LogP contribution in [0.3, 0.4) is 0 Å². The average Bonchev–Trinajstić information content (AvgIpc) is 2.34. The number of hydrogen-bond acceptors (Lipinski definition) is 4. The molecular weight excluding hydrogens is 134 g/mol. The molecule has 0 aromatic carbocycles. The minimum absolute atomic E-state index is 0.488. The van der Waals surface area contributed by atoms with Crippen LogP contribution in [0.25, 0.3) is 0 Å². The van der Waals surface area contributed by atoms with E-state index in [-0.39, 0.29) is 0 Å². The molecule has 0 bridgehead atoms. The van der Waals surface area contributed by atoms with Gasteiger partial charge in [-0.2, -0.15) is 0 Å². The minimum atomic E-state index is -0.683. The number of ether oxygens (including phenoxy) is 1. The second kappa shape index (κ2) is 3.09. The molecule has 0 aliphatic carbocycles.